The molecule has 1 aliphatic heterocycles. The highest BCUT2D eigenvalue weighted by Gasteiger charge is 2.24. The van der Waals surface area contributed by atoms with Crippen molar-refractivity contribution >= 4 is 28.4 Å². The topological polar surface area (TPSA) is 61.0 Å². The van der Waals surface area contributed by atoms with Crippen LogP contribution in [0, 0.1) is 3.57 Å². The predicted molar refractivity (Wildman–Crippen MR) is 71.9 cm³/mol. The van der Waals surface area contributed by atoms with Crippen LogP contribution in [0.2, 0.25) is 0 Å². The number of anilines is 1. The number of aromatic amines is 1. The summed E-state index contributed by atoms with van der Waals surface area (Å²) in [7, 11) is 0. The van der Waals surface area contributed by atoms with Gasteiger partial charge in [-0.05, 0) is 42.5 Å². The van der Waals surface area contributed by atoms with E-state index in [9.17, 15) is 4.79 Å². The maximum absolute atomic E-state index is 11.5. The van der Waals surface area contributed by atoms with Gasteiger partial charge in [-0.25, -0.2) is 4.98 Å². The first-order valence-corrected chi connectivity index (χ1v) is 6.52. The molecule has 0 saturated carbocycles. The van der Waals surface area contributed by atoms with Crippen LogP contribution < -0.4 is 15.8 Å². The number of halogens is 1. The molecule has 0 aliphatic carbocycles. The van der Waals surface area contributed by atoms with Crippen molar-refractivity contribution in [3.05, 3.63) is 20.3 Å². The highest BCUT2D eigenvalue weighted by atomic mass is 127. The molecule has 0 bridgehead atoms. The average molecular weight is 334 g/mol. The molecule has 16 heavy (non-hydrogen) atoms. The van der Waals surface area contributed by atoms with Crippen molar-refractivity contribution in [3.8, 4) is 0 Å². The van der Waals surface area contributed by atoms with Gasteiger partial charge in [0, 0.05) is 19.1 Å². The molecule has 6 heteroatoms. The smallest absolute Gasteiger partial charge is 0.266 e. The Morgan fingerprint density at radius 1 is 1.69 bits per heavy atom. The Balaban J connectivity index is 2.32. The standard InChI is InChI=1S/C10H15IN4O/c1-2-15(7-3-4-12-5-7)9-8(11)10(16)14-6-13-9/h6-7,12H,2-5H2,1H3,(H,13,14,16). The van der Waals surface area contributed by atoms with Crippen LogP contribution in [0.15, 0.2) is 11.1 Å². The molecule has 1 aromatic heterocycles. The lowest BCUT2D eigenvalue weighted by Crippen LogP contribution is -2.39. The molecule has 0 radical (unpaired) electrons. The number of aromatic nitrogens is 2. The molecule has 0 amide bonds. The molecule has 2 N–H and O–H groups in total. The molecule has 1 saturated heterocycles. The average Bonchev–Trinajstić information content (AvgIpc) is 2.79. The van der Waals surface area contributed by atoms with E-state index in [4.69, 9.17) is 0 Å². The number of nitrogens with zero attached hydrogens (tertiary/aromatic N) is 2. The van der Waals surface area contributed by atoms with Crippen molar-refractivity contribution in [2.24, 2.45) is 0 Å². The van der Waals surface area contributed by atoms with Crippen LogP contribution in [-0.4, -0.2) is 35.6 Å². The molecule has 2 rings (SSSR count). The first kappa shape index (κ1) is 11.8. The summed E-state index contributed by atoms with van der Waals surface area (Å²) >= 11 is 2.06. The second-order valence-corrected chi connectivity index (χ2v) is 4.88. The summed E-state index contributed by atoms with van der Waals surface area (Å²) in [5.41, 5.74) is -0.0602. The van der Waals surface area contributed by atoms with Gasteiger partial charge in [-0.1, -0.05) is 0 Å². The SMILES string of the molecule is CCN(c1nc[nH]c(=O)c1I)C1CCNC1. The van der Waals surface area contributed by atoms with Gasteiger partial charge in [0.25, 0.3) is 5.56 Å². The minimum Gasteiger partial charge on any atom is -0.351 e. The zero-order valence-corrected chi connectivity index (χ0v) is 11.3. The lowest BCUT2D eigenvalue weighted by atomic mass is 10.2. The van der Waals surface area contributed by atoms with Gasteiger partial charge in [-0.2, -0.15) is 0 Å². The predicted octanol–water partition coefficient (Wildman–Crippen LogP) is 0.563. The van der Waals surface area contributed by atoms with Crippen LogP contribution in [0.4, 0.5) is 5.82 Å². The number of hydrogen-bond donors (Lipinski definition) is 2. The largest absolute Gasteiger partial charge is 0.351 e. The molecule has 1 unspecified atom stereocenters. The molecule has 0 spiro atoms. The van der Waals surface area contributed by atoms with Gasteiger partial charge in [0.05, 0.1) is 6.33 Å². The number of likely N-dealkylation sites (N-methyl/N-ethyl adjacent to an activating group) is 1. The molecule has 2 heterocycles. The molecule has 1 fully saturated rings. The maximum Gasteiger partial charge on any atom is 0.266 e. The summed E-state index contributed by atoms with van der Waals surface area (Å²) in [6.07, 6.45) is 2.59. The summed E-state index contributed by atoms with van der Waals surface area (Å²) < 4.78 is 0.675. The van der Waals surface area contributed by atoms with E-state index < -0.39 is 0 Å². The van der Waals surface area contributed by atoms with E-state index in [0.717, 1.165) is 31.9 Å². The number of nitrogens with one attached hydrogen (secondary N) is 2. The Bertz CT molecular complexity index is 414. The molecule has 1 atom stereocenters. The number of rotatable bonds is 3. The Morgan fingerprint density at radius 3 is 3.12 bits per heavy atom. The molecule has 0 aromatic carbocycles. The van der Waals surface area contributed by atoms with Crippen LogP contribution in [0.1, 0.15) is 13.3 Å². The highest BCUT2D eigenvalue weighted by molar-refractivity contribution is 14.1. The normalized spacial score (nSPS) is 20.0. The van der Waals surface area contributed by atoms with E-state index in [1.807, 2.05) is 0 Å². The third-order valence-corrected chi connectivity index (χ3v) is 3.84. The molecular weight excluding hydrogens is 319 g/mol. The van der Waals surface area contributed by atoms with Gasteiger partial charge < -0.3 is 15.2 Å². The fourth-order valence-electron chi connectivity index (χ4n) is 2.06. The summed E-state index contributed by atoms with van der Waals surface area (Å²) in [5, 5.41) is 3.33. The number of H-pyrrole nitrogens is 1. The van der Waals surface area contributed by atoms with Gasteiger partial charge >= 0.3 is 0 Å². The van der Waals surface area contributed by atoms with E-state index >= 15 is 0 Å². The van der Waals surface area contributed by atoms with Crippen LogP contribution in [0.3, 0.4) is 0 Å². The molecule has 1 aliphatic rings. The minimum atomic E-state index is -0.0602. The van der Waals surface area contributed by atoms with Crippen molar-refractivity contribution in [3.63, 3.8) is 0 Å². The van der Waals surface area contributed by atoms with E-state index in [1.54, 1.807) is 0 Å². The Morgan fingerprint density at radius 2 is 2.50 bits per heavy atom. The fourth-order valence-corrected chi connectivity index (χ4v) is 2.67. The first-order chi connectivity index (χ1) is 7.74. The van der Waals surface area contributed by atoms with Crippen molar-refractivity contribution in [1.29, 1.82) is 0 Å². The Kier molecular flexibility index (Phi) is 3.80. The zero-order chi connectivity index (χ0) is 11.5. The van der Waals surface area contributed by atoms with Crippen LogP contribution in [0.5, 0.6) is 0 Å². The second-order valence-electron chi connectivity index (χ2n) is 3.80. The lowest BCUT2D eigenvalue weighted by Gasteiger charge is -2.28. The summed E-state index contributed by atoms with van der Waals surface area (Å²) in [6.45, 7) is 4.98. The molecular formula is C10H15IN4O. The third kappa shape index (κ3) is 2.22. The van der Waals surface area contributed by atoms with Gasteiger partial charge in [0.2, 0.25) is 0 Å². The van der Waals surface area contributed by atoms with Gasteiger partial charge in [0.1, 0.15) is 9.39 Å². The van der Waals surface area contributed by atoms with Crippen LogP contribution in [0.25, 0.3) is 0 Å². The fraction of sp³-hybridized carbons (Fsp3) is 0.600. The monoisotopic (exact) mass is 334 g/mol. The van der Waals surface area contributed by atoms with E-state index in [2.05, 4.69) is 49.7 Å². The summed E-state index contributed by atoms with van der Waals surface area (Å²) in [6, 6.07) is 0.452. The quantitative estimate of drug-likeness (QED) is 0.794. The zero-order valence-electron chi connectivity index (χ0n) is 9.16. The van der Waals surface area contributed by atoms with Crippen molar-refractivity contribution in [2.75, 3.05) is 24.5 Å². The number of hydrogen-bond acceptors (Lipinski definition) is 4. The van der Waals surface area contributed by atoms with E-state index in [1.165, 1.54) is 6.33 Å². The molecule has 88 valence electrons. The molecule has 5 nitrogen and oxygen atoms in total. The van der Waals surface area contributed by atoms with Crippen LogP contribution >= 0.6 is 22.6 Å². The lowest BCUT2D eigenvalue weighted by molar-refractivity contribution is 0.637. The Hall–Kier alpha value is -0.630. The van der Waals surface area contributed by atoms with Crippen molar-refractivity contribution in [2.45, 2.75) is 19.4 Å². The summed E-state index contributed by atoms with van der Waals surface area (Å²) in [5.74, 6) is 0.806. The minimum absolute atomic E-state index is 0.0602. The van der Waals surface area contributed by atoms with E-state index in [-0.39, 0.29) is 5.56 Å². The first-order valence-electron chi connectivity index (χ1n) is 5.44. The van der Waals surface area contributed by atoms with Crippen LogP contribution in [-0.2, 0) is 0 Å². The van der Waals surface area contributed by atoms with Gasteiger partial charge in [-0.3, -0.25) is 4.79 Å². The van der Waals surface area contributed by atoms with Crippen molar-refractivity contribution in [1.82, 2.24) is 15.3 Å². The second kappa shape index (κ2) is 5.13. The summed E-state index contributed by atoms with van der Waals surface area (Å²) in [4.78, 5) is 20.6. The molecule has 1 aromatic rings. The van der Waals surface area contributed by atoms with E-state index in [0.29, 0.717) is 9.61 Å². The van der Waals surface area contributed by atoms with Gasteiger partial charge in [-0.15, -0.1) is 0 Å². The van der Waals surface area contributed by atoms with Gasteiger partial charge in [0.15, 0.2) is 0 Å². The van der Waals surface area contributed by atoms with Crippen molar-refractivity contribution < 1.29 is 0 Å². The highest BCUT2D eigenvalue weighted by Crippen LogP contribution is 2.20. The Labute approximate surface area is 108 Å². The third-order valence-electron chi connectivity index (χ3n) is 2.87. The maximum atomic E-state index is 11.5.